The highest BCUT2D eigenvalue weighted by Gasteiger charge is 2.24. The Morgan fingerprint density at radius 3 is 2.52 bits per heavy atom. The highest BCUT2D eigenvalue weighted by molar-refractivity contribution is 5.93. The minimum atomic E-state index is -0.0911. The van der Waals surface area contributed by atoms with E-state index in [-0.39, 0.29) is 5.91 Å². The number of nitrogens with zero attached hydrogens (tertiary/aromatic N) is 4. The third kappa shape index (κ3) is 3.24. The van der Waals surface area contributed by atoms with E-state index >= 15 is 0 Å². The molecule has 0 atom stereocenters. The van der Waals surface area contributed by atoms with Crippen LogP contribution in [0.1, 0.15) is 10.5 Å². The van der Waals surface area contributed by atoms with E-state index in [0.29, 0.717) is 24.5 Å². The monoisotopic (exact) mass is 334 g/mol. The van der Waals surface area contributed by atoms with E-state index in [0.717, 1.165) is 18.7 Å². The summed E-state index contributed by atoms with van der Waals surface area (Å²) in [5, 5.41) is 3.94. The lowest BCUT2D eigenvalue weighted by Crippen LogP contribution is -2.48. The van der Waals surface area contributed by atoms with Crippen molar-refractivity contribution in [3.05, 3.63) is 66.6 Å². The number of rotatable bonds is 3. The van der Waals surface area contributed by atoms with Gasteiger partial charge in [0.05, 0.1) is 0 Å². The molecule has 1 fully saturated rings. The van der Waals surface area contributed by atoms with Gasteiger partial charge in [-0.1, -0.05) is 23.4 Å². The predicted octanol–water partition coefficient (Wildman–Crippen LogP) is 2.70. The van der Waals surface area contributed by atoms with Crippen LogP contribution in [0.5, 0.6) is 0 Å². The van der Waals surface area contributed by atoms with E-state index in [1.54, 1.807) is 18.5 Å². The van der Waals surface area contributed by atoms with E-state index < -0.39 is 0 Å². The molecule has 4 rings (SSSR count). The van der Waals surface area contributed by atoms with Gasteiger partial charge in [-0.2, -0.15) is 0 Å². The number of piperazine rings is 1. The van der Waals surface area contributed by atoms with Crippen LogP contribution in [0.2, 0.25) is 0 Å². The van der Waals surface area contributed by atoms with Crippen molar-refractivity contribution in [2.24, 2.45) is 0 Å². The van der Waals surface area contributed by atoms with Crippen molar-refractivity contribution >= 4 is 11.6 Å². The third-order valence-corrected chi connectivity index (χ3v) is 4.36. The molecule has 1 aliphatic heterocycles. The van der Waals surface area contributed by atoms with E-state index in [2.05, 4.69) is 27.2 Å². The first-order valence-corrected chi connectivity index (χ1v) is 8.28. The van der Waals surface area contributed by atoms with Crippen molar-refractivity contribution in [3.63, 3.8) is 0 Å². The Morgan fingerprint density at radius 2 is 1.80 bits per heavy atom. The molecule has 0 aliphatic carbocycles. The second-order valence-electron chi connectivity index (χ2n) is 5.93. The molecular formula is C19H18N4O2. The number of benzene rings is 1. The average molecular weight is 334 g/mol. The lowest BCUT2D eigenvalue weighted by atomic mass is 10.2. The smallest absolute Gasteiger partial charge is 0.276 e. The molecule has 25 heavy (non-hydrogen) atoms. The van der Waals surface area contributed by atoms with Gasteiger partial charge in [-0.25, -0.2) is 0 Å². The van der Waals surface area contributed by atoms with Crippen molar-refractivity contribution in [1.29, 1.82) is 0 Å². The Kier molecular flexibility index (Phi) is 4.16. The highest BCUT2D eigenvalue weighted by atomic mass is 16.5. The Balaban J connectivity index is 1.42. The normalized spacial score (nSPS) is 14.6. The molecule has 0 bridgehead atoms. The summed E-state index contributed by atoms with van der Waals surface area (Å²) in [4.78, 5) is 20.8. The number of pyridine rings is 1. The maximum Gasteiger partial charge on any atom is 0.276 e. The second-order valence-corrected chi connectivity index (χ2v) is 5.93. The number of hydrogen-bond acceptors (Lipinski definition) is 5. The summed E-state index contributed by atoms with van der Waals surface area (Å²) in [7, 11) is 0. The van der Waals surface area contributed by atoms with E-state index in [9.17, 15) is 4.79 Å². The zero-order chi connectivity index (χ0) is 17.1. The minimum Gasteiger partial charge on any atom is -0.368 e. The van der Waals surface area contributed by atoms with Crippen molar-refractivity contribution in [2.75, 3.05) is 31.1 Å². The van der Waals surface area contributed by atoms with Gasteiger partial charge in [0.25, 0.3) is 5.91 Å². The van der Waals surface area contributed by atoms with Gasteiger partial charge in [-0.3, -0.25) is 9.78 Å². The first-order valence-electron chi connectivity index (χ1n) is 8.28. The van der Waals surface area contributed by atoms with Gasteiger partial charge in [0.15, 0.2) is 11.5 Å². The third-order valence-electron chi connectivity index (χ3n) is 4.36. The van der Waals surface area contributed by atoms with Crippen molar-refractivity contribution in [2.45, 2.75) is 0 Å². The first kappa shape index (κ1) is 15.4. The van der Waals surface area contributed by atoms with Crippen LogP contribution in [0.4, 0.5) is 5.69 Å². The van der Waals surface area contributed by atoms with Crippen LogP contribution >= 0.6 is 0 Å². The summed E-state index contributed by atoms with van der Waals surface area (Å²) < 4.78 is 5.31. The molecule has 6 nitrogen and oxygen atoms in total. The molecule has 0 spiro atoms. The summed E-state index contributed by atoms with van der Waals surface area (Å²) in [5.74, 6) is 0.464. The maximum absolute atomic E-state index is 12.7. The van der Waals surface area contributed by atoms with Crippen molar-refractivity contribution < 1.29 is 9.32 Å². The number of anilines is 1. The van der Waals surface area contributed by atoms with Crippen LogP contribution < -0.4 is 4.90 Å². The molecule has 1 aliphatic rings. The summed E-state index contributed by atoms with van der Waals surface area (Å²) in [6.45, 7) is 2.96. The van der Waals surface area contributed by atoms with Gasteiger partial charge >= 0.3 is 0 Å². The zero-order valence-electron chi connectivity index (χ0n) is 13.7. The topological polar surface area (TPSA) is 62.5 Å². The van der Waals surface area contributed by atoms with Crippen molar-refractivity contribution in [3.8, 4) is 11.3 Å². The predicted molar refractivity (Wildman–Crippen MR) is 94.3 cm³/mol. The average Bonchev–Trinajstić information content (AvgIpc) is 3.19. The molecule has 1 amide bonds. The molecule has 3 heterocycles. The molecule has 6 heteroatoms. The van der Waals surface area contributed by atoms with Gasteiger partial charge in [0, 0.05) is 55.9 Å². The van der Waals surface area contributed by atoms with Crippen LogP contribution in [-0.2, 0) is 0 Å². The number of para-hydroxylation sites is 1. The SMILES string of the molecule is O=C(c1cc(-c2cccnc2)on1)N1CCN(c2ccccc2)CC1. The summed E-state index contributed by atoms with van der Waals surface area (Å²) in [6.07, 6.45) is 3.38. The van der Waals surface area contributed by atoms with Gasteiger partial charge in [0.1, 0.15) is 0 Å². The van der Waals surface area contributed by atoms with Gasteiger partial charge in [-0.05, 0) is 24.3 Å². The molecule has 0 unspecified atom stereocenters. The number of carbonyl (C=O) groups is 1. The Labute approximate surface area is 145 Å². The molecule has 126 valence electrons. The molecule has 2 aromatic heterocycles. The summed E-state index contributed by atoms with van der Waals surface area (Å²) in [6, 6.07) is 15.6. The fourth-order valence-electron chi connectivity index (χ4n) is 2.99. The first-order chi connectivity index (χ1) is 12.3. The molecule has 0 N–H and O–H groups in total. The summed E-state index contributed by atoms with van der Waals surface area (Å²) >= 11 is 0. The molecule has 1 saturated heterocycles. The zero-order valence-corrected chi connectivity index (χ0v) is 13.7. The molecular weight excluding hydrogens is 316 g/mol. The lowest BCUT2D eigenvalue weighted by molar-refractivity contribution is 0.0736. The standard InChI is InChI=1S/C19H18N4O2/c24-19(17-13-18(25-21-17)15-5-4-8-20-14-15)23-11-9-22(10-12-23)16-6-2-1-3-7-16/h1-8,13-14H,9-12H2. The Bertz CT molecular complexity index is 840. The van der Waals surface area contributed by atoms with E-state index in [4.69, 9.17) is 4.52 Å². The maximum atomic E-state index is 12.7. The largest absolute Gasteiger partial charge is 0.368 e. The van der Waals surface area contributed by atoms with Crippen molar-refractivity contribution in [1.82, 2.24) is 15.0 Å². The number of aromatic nitrogens is 2. The minimum absolute atomic E-state index is 0.0911. The number of carbonyl (C=O) groups excluding carboxylic acids is 1. The molecule has 3 aromatic rings. The molecule has 1 aromatic carbocycles. The number of hydrogen-bond donors (Lipinski definition) is 0. The van der Waals surface area contributed by atoms with Crippen LogP contribution in [0.25, 0.3) is 11.3 Å². The quantitative estimate of drug-likeness (QED) is 0.737. The fourth-order valence-corrected chi connectivity index (χ4v) is 2.99. The van der Waals surface area contributed by atoms with Gasteiger partial charge < -0.3 is 14.3 Å². The fraction of sp³-hybridized carbons (Fsp3) is 0.211. The molecule has 0 radical (unpaired) electrons. The lowest BCUT2D eigenvalue weighted by Gasteiger charge is -2.35. The van der Waals surface area contributed by atoms with Gasteiger partial charge in [-0.15, -0.1) is 0 Å². The second kappa shape index (κ2) is 6.76. The Hall–Kier alpha value is -3.15. The van der Waals surface area contributed by atoms with Gasteiger partial charge in [0.2, 0.25) is 0 Å². The van der Waals surface area contributed by atoms with E-state index in [1.807, 2.05) is 35.2 Å². The Morgan fingerprint density at radius 1 is 1.00 bits per heavy atom. The van der Waals surface area contributed by atoms with Crippen LogP contribution in [0.15, 0.2) is 65.4 Å². The number of amides is 1. The van der Waals surface area contributed by atoms with Crippen LogP contribution in [-0.4, -0.2) is 47.1 Å². The highest BCUT2D eigenvalue weighted by Crippen LogP contribution is 2.21. The van der Waals surface area contributed by atoms with Crippen LogP contribution in [0.3, 0.4) is 0 Å². The molecule has 0 saturated carbocycles. The van der Waals surface area contributed by atoms with E-state index in [1.165, 1.54) is 5.69 Å². The summed E-state index contributed by atoms with van der Waals surface area (Å²) in [5.41, 5.74) is 2.34. The van der Waals surface area contributed by atoms with Crippen LogP contribution in [0, 0.1) is 0 Å².